The first kappa shape index (κ1) is 24.1. The molecule has 13 heteroatoms. The fourth-order valence-electron chi connectivity index (χ4n) is 3.76. The first-order chi connectivity index (χ1) is 15.4. The minimum atomic E-state index is -4.92. The number of hydrogen-bond donors (Lipinski definition) is 1. The third-order valence-electron chi connectivity index (χ3n) is 5.37. The molecule has 0 bridgehead atoms. The third-order valence-corrected chi connectivity index (χ3v) is 9.97. The summed E-state index contributed by atoms with van der Waals surface area (Å²) in [5.41, 5.74) is -1.66. The lowest BCUT2D eigenvalue weighted by Crippen LogP contribution is -2.40. The van der Waals surface area contributed by atoms with E-state index in [1.54, 1.807) is 6.07 Å². The van der Waals surface area contributed by atoms with Crippen LogP contribution in [0.1, 0.15) is 18.4 Å². The van der Waals surface area contributed by atoms with E-state index >= 15 is 0 Å². The molecule has 1 aromatic heterocycles. The molecule has 1 saturated heterocycles. The van der Waals surface area contributed by atoms with Gasteiger partial charge in [-0.25, -0.2) is 25.5 Å². The van der Waals surface area contributed by atoms with Gasteiger partial charge in [-0.05, 0) is 24.3 Å². The maximum atomic E-state index is 13.8. The average molecular weight is 521 g/mol. The summed E-state index contributed by atoms with van der Waals surface area (Å²) in [6, 6.07) is 9.27. The number of nitrogens with zero attached hydrogens (tertiary/aromatic N) is 1. The van der Waals surface area contributed by atoms with Crippen molar-refractivity contribution < 1.29 is 34.6 Å². The summed E-state index contributed by atoms with van der Waals surface area (Å²) in [6.07, 6.45) is -3.68. The summed E-state index contributed by atoms with van der Waals surface area (Å²) in [6.45, 7) is 0. The number of nitrogens with one attached hydrogen (secondary N) is 1. The minimum absolute atomic E-state index is 0.203. The Morgan fingerprint density at radius 1 is 0.970 bits per heavy atom. The van der Waals surface area contributed by atoms with E-state index in [4.69, 9.17) is 0 Å². The molecular weight excluding hydrogens is 501 g/mol. The number of aromatic nitrogens is 1. The van der Waals surface area contributed by atoms with E-state index in [1.165, 1.54) is 24.3 Å². The van der Waals surface area contributed by atoms with Crippen LogP contribution in [0.5, 0.6) is 0 Å². The standard InChI is InChI=1S/C20H19F3N2O5S3/c21-20(22,23)16-7-4-8-17-19(16)18(32(27,28)24-14-9-11-31(26)12-10-14)13-25(17)33(29,30)15-5-2-1-3-6-15/h1-8,13-14,24H,9-12H2/t14-,31+. The van der Waals surface area contributed by atoms with Gasteiger partial charge in [-0.2, -0.15) is 13.2 Å². The molecule has 1 aliphatic heterocycles. The molecule has 0 amide bonds. The van der Waals surface area contributed by atoms with Crippen LogP contribution in [0.15, 0.2) is 64.5 Å². The van der Waals surface area contributed by atoms with E-state index in [9.17, 15) is 34.6 Å². The number of halogens is 3. The second-order valence-corrected chi connectivity index (χ2v) is 12.7. The van der Waals surface area contributed by atoms with Crippen molar-refractivity contribution in [2.24, 2.45) is 0 Å². The van der Waals surface area contributed by atoms with E-state index in [1.807, 2.05) is 0 Å². The topological polar surface area (TPSA) is 108 Å². The Balaban J connectivity index is 1.93. The Morgan fingerprint density at radius 2 is 1.61 bits per heavy atom. The lowest BCUT2D eigenvalue weighted by molar-refractivity contribution is -0.136. The molecule has 0 aliphatic carbocycles. The number of alkyl halides is 3. The first-order valence-electron chi connectivity index (χ1n) is 9.80. The highest BCUT2D eigenvalue weighted by molar-refractivity contribution is 7.91. The van der Waals surface area contributed by atoms with Gasteiger partial charge in [0.25, 0.3) is 10.0 Å². The van der Waals surface area contributed by atoms with Crippen molar-refractivity contribution in [2.45, 2.75) is 34.9 Å². The van der Waals surface area contributed by atoms with Crippen molar-refractivity contribution in [1.82, 2.24) is 8.69 Å². The zero-order valence-electron chi connectivity index (χ0n) is 16.9. The maximum Gasteiger partial charge on any atom is 0.417 e. The molecule has 0 radical (unpaired) electrons. The molecule has 4 rings (SSSR count). The zero-order chi connectivity index (χ0) is 24.0. The molecule has 1 fully saturated rings. The monoisotopic (exact) mass is 520 g/mol. The van der Waals surface area contributed by atoms with E-state index in [0.29, 0.717) is 16.2 Å². The van der Waals surface area contributed by atoms with Crippen LogP contribution in [0.25, 0.3) is 10.9 Å². The Bertz CT molecular complexity index is 1380. The van der Waals surface area contributed by atoms with Gasteiger partial charge < -0.3 is 4.55 Å². The van der Waals surface area contributed by atoms with E-state index in [0.717, 1.165) is 12.1 Å². The van der Waals surface area contributed by atoms with Crippen LogP contribution in [0, 0.1) is 0 Å². The van der Waals surface area contributed by atoms with Crippen molar-refractivity contribution >= 4 is 42.1 Å². The van der Waals surface area contributed by atoms with Crippen molar-refractivity contribution in [3.05, 3.63) is 60.3 Å². The SMILES string of the molecule is O=S(=O)(N[C@H]1CC[S@@+]([O-])CC1)c1cn(S(=O)(=O)c2ccccc2)c2cccc(C(F)(F)F)c12. The van der Waals surface area contributed by atoms with E-state index in [2.05, 4.69) is 4.72 Å². The predicted molar refractivity (Wildman–Crippen MR) is 117 cm³/mol. The Kier molecular flexibility index (Phi) is 6.29. The van der Waals surface area contributed by atoms with Gasteiger partial charge in [0.2, 0.25) is 10.0 Å². The lowest BCUT2D eigenvalue weighted by Gasteiger charge is -2.24. The van der Waals surface area contributed by atoms with Crippen molar-refractivity contribution in [1.29, 1.82) is 0 Å². The largest absolute Gasteiger partial charge is 0.616 e. The molecule has 2 heterocycles. The number of rotatable bonds is 5. The molecule has 0 atom stereocenters. The van der Waals surface area contributed by atoms with Gasteiger partial charge in [0, 0.05) is 30.5 Å². The van der Waals surface area contributed by atoms with E-state index in [-0.39, 0.29) is 29.2 Å². The molecule has 0 saturated carbocycles. The van der Waals surface area contributed by atoms with Crippen LogP contribution < -0.4 is 4.72 Å². The van der Waals surface area contributed by atoms with Crippen LogP contribution in [-0.4, -0.2) is 42.9 Å². The number of hydrogen-bond acceptors (Lipinski definition) is 5. The van der Waals surface area contributed by atoms with Crippen LogP contribution in [-0.2, 0) is 37.4 Å². The summed E-state index contributed by atoms with van der Waals surface area (Å²) in [5, 5.41) is -0.726. The molecule has 2 aromatic carbocycles. The van der Waals surface area contributed by atoms with Crippen LogP contribution in [0.3, 0.4) is 0 Å². The summed E-state index contributed by atoms with van der Waals surface area (Å²) < 4.78 is 109. The molecule has 0 spiro atoms. The van der Waals surface area contributed by atoms with Gasteiger partial charge in [0.05, 0.1) is 16.0 Å². The predicted octanol–water partition coefficient (Wildman–Crippen LogP) is 3.09. The Labute approximate surface area is 191 Å². The van der Waals surface area contributed by atoms with Gasteiger partial charge >= 0.3 is 6.18 Å². The summed E-state index contributed by atoms with van der Waals surface area (Å²) in [7, 11) is -8.93. The third kappa shape index (κ3) is 4.64. The van der Waals surface area contributed by atoms with Gasteiger partial charge in [0.1, 0.15) is 16.4 Å². The summed E-state index contributed by atoms with van der Waals surface area (Å²) in [4.78, 5) is -0.984. The molecule has 178 valence electrons. The average Bonchev–Trinajstić information content (AvgIpc) is 3.17. The highest BCUT2D eigenvalue weighted by Gasteiger charge is 2.38. The quantitative estimate of drug-likeness (QED) is 0.520. The second kappa shape index (κ2) is 8.62. The van der Waals surface area contributed by atoms with Gasteiger partial charge in [0.15, 0.2) is 0 Å². The highest BCUT2D eigenvalue weighted by Crippen LogP contribution is 2.39. The number of sulfonamides is 1. The van der Waals surface area contributed by atoms with Gasteiger partial charge in [-0.3, -0.25) is 0 Å². The molecule has 0 unspecified atom stereocenters. The number of benzene rings is 2. The highest BCUT2D eigenvalue weighted by atomic mass is 32.2. The van der Waals surface area contributed by atoms with Crippen molar-refractivity contribution in [3.63, 3.8) is 0 Å². The lowest BCUT2D eigenvalue weighted by atomic mass is 10.1. The van der Waals surface area contributed by atoms with E-state index < -0.39 is 64.8 Å². The fourth-order valence-corrected chi connectivity index (χ4v) is 8.04. The second-order valence-electron chi connectivity index (χ2n) is 7.55. The molecular formula is C20H19F3N2O5S3. The number of fused-ring (bicyclic) bond motifs is 1. The molecule has 7 nitrogen and oxygen atoms in total. The maximum absolute atomic E-state index is 13.8. The molecule has 3 aromatic rings. The van der Waals surface area contributed by atoms with Crippen molar-refractivity contribution in [3.8, 4) is 0 Å². The van der Waals surface area contributed by atoms with Crippen LogP contribution in [0.4, 0.5) is 13.2 Å². The van der Waals surface area contributed by atoms with Gasteiger partial charge in [-0.15, -0.1) is 0 Å². The Morgan fingerprint density at radius 3 is 2.21 bits per heavy atom. The smallest absolute Gasteiger partial charge is 0.417 e. The zero-order valence-corrected chi connectivity index (χ0v) is 19.4. The van der Waals surface area contributed by atoms with Crippen LogP contribution >= 0.6 is 0 Å². The summed E-state index contributed by atoms with van der Waals surface area (Å²) >= 11 is -1.07. The normalized spacial score (nSPS) is 20.2. The molecule has 1 N–H and O–H groups in total. The molecule has 33 heavy (non-hydrogen) atoms. The fraction of sp³-hybridized carbons (Fsp3) is 0.300. The summed E-state index contributed by atoms with van der Waals surface area (Å²) in [5.74, 6) is 0.538. The molecule has 1 aliphatic rings. The van der Waals surface area contributed by atoms with Crippen LogP contribution in [0.2, 0.25) is 0 Å². The van der Waals surface area contributed by atoms with Crippen molar-refractivity contribution in [2.75, 3.05) is 11.5 Å². The minimum Gasteiger partial charge on any atom is -0.616 e. The van der Waals surface area contributed by atoms with Gasteiger partial charge in [-0.1, -0.05) is 35.4 Å². The Hall–Kier alpha value is -2.06. The first-order valence-corrected chi connectivity index (χ1v) is 14.2.